The summed E-state index contributed by atoms with van der Waals surface area (Å²) in [6.07, 6.45) is 0. The number of carbonyl (C=O) groups excluding carboxylic acids is 2. The maximum Gasteiger partial charge on any atom is 0.338 e. The first-order valence-electron chi connectivity index (χ1n) is 8.23. The number of ether oxygens (including phenoxy) is 1. The van der Waals surface area contributed by atoms with Crippen LogP contribution >= 0.6 is 0 Å². The Morgan fingerprint density at radius 3 is 2.21 bits per heavy atom. The zero-order valence-corrected chi connectivity index (χ0v) is 16.7. The Labute approximate surface area is 167 Å². The van der Waals surface area contributed by atoms with Crippen LogP contribution in [0.2, 0.25) is 0 Å². The van der Waals surface area contributed by atoms with Crippen LogP contribution in [-0.4, -0.2) is 50.7 Å². The minimum Gasteiger partial charge on any atom is -0.465 e. The molecule has 0 fully saturated rings. The predicted molar refractivity (Wildman–Crippen MR) is 103 cm³/mol. The van der Waals surface area contributed by atoms with Crippen molar-refractivity contribution in [1.29, 1.82) is 0 Å². The average Bonchev–Trinajstić information content (AvgIpc) is 2.71. The molecule has 0 saturated heterocycles. The first-order chi connectivity index (χ1) is 13.6. The smallest absolute Gasteiger partial charge is 0.338 e. The second-order valence-electron chi connectivity index (χ2n) is 6.13. The molecule has 0 bridgehead atoms. The normalized spacial score (nSPS) is 11.2. The van der Waals surface area contributed by atoms with Crippen molar-refractivity contribution < 1.29 is 27.7 Å². The second-order valence-corrected chi connectivity index (χ2v) is 8.28. The van der Waals surface area contributed by atoms with Gasteiger partial charge in [0.15, 0.2) is 0 Å². The van der Waals surface area contributed by atoms with Gasteiger partial charge in [0.05, 0.1) is 22.5 Å². The molecule has 0 aliphatic rings. The average molecular weight is 421 g/mol. The van der Waals surface area contributed by atoms with Crippen molar-refractivity contribution >= 4 is 27.6 Å². The minimum atomic E-state index is -3.56. The zero-order valence-electron chi connectivity index (χ0n) is 15.9. The fourth-order valence-electron chi connectivity index (χ4n) is 2.36. The molecule has 0 spiro atoms. The largest absolute Gasteiger partial charge is 0.465 e. The van der Waals surface area contributed by atoms with Gasteiger partial charge in [-0.3, -0.25) is 14.9 Å². The van der Waals surface area contributed by atoms with Gasteiger partial charge in [0, 0.05) is 38.3 Å². The Hall–Kier alpha value is -3.31. The van der Waals surface area contributed by atoms with Crippen LogP contribution in [0.3, 0.4) is 0 Å². The van der Waals surface area contributed by atoms with E-state index in [2.05, 4.69) is 10.1 Å². The number of benzene rings is 2. The maximum absolute atomic E-state index is 12.4. The molecule has 29 heavy (non-hydrogen) atoms. The monoisotopic (exact) mass is 421 g/mol. The van der Waals surface area contributed by atoms with Crippen LogP contribution in [0.1, 0.15) is 26.3 Å². The van der Waals surface area contributed by atoms with E-state index in [-0.39, 0.29) is 22.6 Å². The van der Waals surface area contributed by atoms with Crippen molar-refractivity contribution in [3.8, 4) is 0 Å². The first-order valence-corrected chi connectivity index (χ1v) is 9.67. The van der Waals surface area contributed by atoms with E-state index in [1.807, 2.05) is 0 Å². The lowest BCUT2D eigenvalue weighted by atomic mass is 10.1. The molecule has 0 aliphatic heterocycles. The second kappa shape index (κ2) is 8.80. The van der Waals surface area contributed by atoms with E-state index in [4.69, 9.17) is 0 Å². The Bertz CT molecular complexity index is 1050. The Morgan fingerprint density at radius 1 is 1.10 bits per heavy atom. The highest BCUT2D eigenvalue weighted by atomic mass is 32.2. The number of hydrogen-bond donors (Lipinski definition) is 1. The fraction of sp³-hybridized carbons (Fsp3) is 0.222. The maximum atomic E-state index is 12.4. The summed E-state index contributed by atoms with van der Waals surface area (Å²) in [5.41, 5.74) is 0.00229. The van der Waals surface area contributed by atoms with Crippen molar-refractivity contribution in [3.05, 3.63) is 69.3 Å². The number of amides is 1. The van der Waals surface area contributed by atoms with Crippen molar-refractivity contribution in [2.24, 2.45) is 0 Å². The third-order valence-corrected chi connectivity index (χ3v) is 5.80. The molecule has 0 heterocycles. The molecule has 2 rings (SSSR count). The molecule has 154 valence electrons. The van der Waals surface area contributed by atoms with Gasteiger partial charge in [0.25, 0.3) is 11.6 Å². The summed E-state index contributed by atoms with van der Waals surface area (Å²) >= 11 is 0. The number of non-ortho nitro benzene ring substituents is 1. The Balaban J connectivity index is 2.18. The van der Waals surface area contributed by atoms with E-state index < -0.39 is 32.5 Å². The topological polar surface area (TPSA) is 136 Å². The third kappa shape index (κ3) is 5.15. The van der Waals surface area contributed by atoms with Gasteiger partial charge >= 0.3 is 5.97 Å². The Kier molecular flexibility index (Phi) is 6.67. The van der Waals surface area contributed by atoms with Gasteiger partial charge < -0.3 is 10.1 Å². The zero-order chi connectivity index (χ0) is 21.8. The first kappa shape index (κ1) is 22.0. The standard InChI is InChI=1S/C18H19N3O7S/c1-20(2)29(26,27)16-6-4-12(5-7-16)11-19-17(22)13-8-14(18(23)28-3)10-15(9-13)21(24)25/h4-10H,11H2,1-3H3,(H,19,22). The molecular weight excluding hydrogens is 402 g/mol. The predicted octanol–water partition coefficient (Wildman–Crippen LogP) is 1.56. The molecule has 2 aromatic carbocycles. The minimum absolute atomic E-state index is 0.0530. The third-order valence-electron chi connectivity index (χ3n) is 3.97. The SMILES string of the molecule is COC(=O)c1cc(C(=O)NCc2ccc(S(=O)(=O)N(C)C)cc2)cc([N+](=O)[O-])c1. The fourth-order valence-corrected chi connectivity index (χ4v) is 3.26. The van der Waals surface area contributed by atoms with E-state index in [0.29, 0.717) is 5.56 Å². The van der Waals surface area contributed by atoms with Gasteiger partial charge in [-0.25, -0.2) is 17.5 Å². The number of nitro groups is 1. The number of esters is 1. The summed E-state index contributed by atoms with van der Waals surface area (Å²) in [6, 6.07) is 9.19. The van der Waals surface area contributed by atoms with Crippen LogP contribution in [0, 0.1) is 10.1 Å². The van der Waals surface area contributed by atoms with Crippen molar-refractivity contribution in [2.75, 3.05) is 21.2 Å². The summed E-state index contributed by atoms with van der Waals surface area (Å²) in [7, 11) is 0.412. The van der Waals surface area contributed by atoms with Gasteiger partial charge in [-0.1, -0.05) is 12.1 Å². The van der Waals surface area contributed by atoms with Crippen molar-refractivity contribution in [1.82, 2.24) is 9.62 Å². The molecule has 2 aromatic rings. The highest BCUT2D eigenvalue weighted by molar-refractivity contribution is 7.89. The highest BCUT2D eigenvalue weighted by Gasteiger charge is 2.19. The molecule has 1 amide bonds. The molecular formula is C18H19N3O7S. The summed E-state index contributed by atoms with van der Waals surface area (Å²) in [5, 5.41) is 13.6. The summed E-state index contributed by atoms with van der Waals surface area (Å²) in [5.74, 6) is -1.44. The van der Waals surface area contributed by atoms with E-state index >= 15 is 0 Å². The van der Waals surface area contributed by atoms with Gasteiger partial charge in [0.1, 0.15) is 0 Å². The summed E-state index contributed by atoms with van der Waals surface area (Å²) in [6.45, 7) is 0.0530. The molecule has 0 radical (unpaired) electrons. The van der Waals surface area contributed by atoms with Gasteiger partial charge in [-0.15, -0.1) is 0 Å². The number of nitro benzene ring substituents is 1. The van der Waals surface area contributed by atoms with Gasteiger partial charge in [-0.05, 0) is 23.8 Å². The number of nitrogens with one attached hydrogen (secondary N) is 1. The molecule has 11 heteroatoms. The number of methoxy groups -OCH3 is 1. The summed E-state index contributed by atoms with van der Waals surface area (Å²) < 4.78 is 29.7. The van der Waals surface area contributed by atoms with Gasteiger partial charge in [-0.2, -0.15) is 0 Å². The lowest BCUT2D eigenvalue weighted by molar-refractivity contribution is -0.384. The van der Waals surface area contributed by atoms with Crippen LogP contribution < -0.4 is 5.32 Å². The number of nitrogens with zero attached hydrogens (tertiary/aromatic N) is 2. The van der Waals surface area contributed by atoms with E-state index in [9.17, 15) is 28.1 Å². The number of carbonyl (C=O) groups is 2. The molecule has 10 nitrogen and oxygen atoms in total. The van der Waals surface area contributed by atoms with Crippen molar-refractivity contribution in [2.45, 2.75) is 11.4 Å². The van der Waals surface area contributed by atoms with E-state index in [1.165, 1.54) is 32.3 Å². The molecule has 0 aliphatic carbocycles. The molecule has 0 saturated carbocycles. The van der Waals surface area contributed by atoms with Crippen LogP contribution in [0.15, 0.2) is 47.4 Å². The quantitative estimate of drug-likeness (QED) is 0.407. The Morgan fingerprint density at radius 2 is 1.69 bits per heavy atom. The lowest BCUT2D eigenvalue weighted by Crippen LogP contribution is -2.24. The van der Waals surface area contributed by atoms with Crippen LogP contribution in [0.25, 0.3) is 0 Å². The number of sulfonamides is 1. The van der Waals surface area contributed by atoms with E-state index in [0.717, 1.165) is 23.5 Å². The molecule has 1 N–H and O–H groups in total. The van der Waals surface area contributed by atoms with Crippen LogP contribution in [-0.2, 0) is 21.3 Å². The molecule has 0 unspecified atom stereocenters. The molecule has 0 atom stereocenters. The highest BCUT2D eigenvalue weighted by Crippen LogP contribution is 2.19. The summed E-state index contributed by atoms with van der Waals surface area (Å²) in [4.78, 5) is 34.5. The van der Waals surface area contributed by atoms with Crippen LogP contribution in [0.4, 0.5) is 5.69 Å². The van der Waals surface area contributed by atoms with Crippen molar-refractivity contribution in [3.63, 3.8) is 0 Å². The van der Waals surface area contributed by atoms with E-state index in [1.54, 1.807) is 12.1 Å². The van der Waals surface area contributed by atoms with Gasteiger partial charge in [0.2, 0.25) is 10.0 Å². The molecule has 0 aromatic heterocycles. The number of hydrogen-bond acceptors (Lipinski definition) is 7. The van der Waals surface area contributed by atoms with Crippen LogP contribution in [0.5, 0.6) is 0 Å². The number of rotatable bonds is 7. The lowest BCUT2D eigenvalue weighted by Gasteiger charge is -2.12.